The van der Waals surface area contributed by atoms with Gasteiger partial charge in [0, 0.05) is 24.8 Å². The summed E-state index contributed by atoms with van der Waals surface area (Å²) in [6.45, 7) is 6.26. The Morgan fingerprint density at radius 2 is 2.12 bits per heavy atom. The number of hydrogen-bond acceptors (Lipinski definition) is 3. The molecule has 1 aliphatic heterocycles. The van der Waals surface area contributed by atoms with E-state index in [1.165, 1.54) is 12.8 Å². The second-order valence-corrected chi connectivity index (χ2v) is 4.52. The predicted molar refractivity (Wildman–Crippen MR) is 65.7 cm³/mol. The summed E-state index contributed by atoms with van der Waals surface area (Å²) in [6, 6.07) is 2.10. The van der Waals surface area contributed by atoms with Gasteiger partial charge in [-0.1, -0.05) is 6.92 Å². The molecule has 1 aromatic rings. The minimum atomic E-state index is -0.375. The predicted octanol–water partition coefficient (Wildman–Crippen LogP) is 2.43. The van der Waals surface area contributed by atoms with Crippen LogP contribution in [-0.2, 0) is 0 Å². The Morgan fingerprint density at radius 1 is 1.44 bits per heavy atom. The number of aromatic nitrogens is 1. The molecule has 0 amide bonds. The molecular weight excluding hydrogens is 200 g/mol. The molecule has 0 saturated carbocycles. The Labute approximate surface area is 97.1 Å². The summed E-state index contributed by atoms with van der Waals surface area (Å²) in [5, 5.41) is 9.81. The van der Waals surface area contributed by atoms with E-state index in [9.17, 15) is 5.11 Å². The second kappa shape index (κ2) is 4.83. The Morgan fingerprint density at radius 3 is 2.69 bits per heavy atom. The van der Waals surface area contributed by atoms with Crippen molar-refractivity contribution in [2.45, 2.75) is 39.2 Å². The highest BCUT2D eigenvalue weighted by Gasteiger charge is 2.15. The molecule has 0 aliphatic carbocycles. The molecule has 16 heavy (non-hydrogen) atoms. The standard InChI is InChI=1S/C13H20N2O/c1-3-12(16)11-9-14-13(8-10(11)2)15-6-4-5-7-15/h8-9,12,16H,3-7H2,1-2H3/t12-/m0/s1. The summed E-state index contributed by atoms with van der Waals surface area (Å²) in [7, 11) is 0. The van der Waals surface area contributed by atoms with E-state index in [2.05, 4.69) is 22.9 Å². The van der Waals surface area contributed by atoms with E-state index in [0.717, 1.165) is 36.5 Å². The maximum absolute atomic E-state index is 9.81. The average molecular weight is 220 g/mol. The maximum Gasteiger partial charge on any atom is 0.128 e. The number of aryl methyl sites for hydroxylation is 1. The zero-order chi connectivity index (χ0) is 11.5. The fraction of sp³-hybridized carbons (Fsp3) is 0.615. The molecule has 0 aromatic carbocycles. The Hall–Kier alpha value is -1.09. The number of anilines is 1. The summed E-state index contributed by atoms with van der Waals surface area (Å²) in [4.78, 5) is 6.77. The first kappa shape index (κ1) is 11.4. The van der Waals surface area contributed by atoms with Gasteiger partial charge in [0.25, 0.3) is 0 Å². The molecule has 1 saturated heterocycles. The van der Waals surface area contributed by atoms with Crippen LogP contribution in [0.5, 0.6) is 0 Å². The first-order chi connectivity index (χ1) is 7.72. The first-order valence-electron chi connectivity index (χ1n) is 6.12. The monoisotopic (exact) mass is 220 g/mol. The van der Waals surface area contributed by atoms with Crippen molar-refractivity contribution < 1.29 is 5.11 Å². The number of aliphatic hydroxyl groups is 1. The molecule has 2 rings (SSSR count). The number of aliphatic hydroxyl groups excluding tert-OH is 1. The van der Waals surface area contributed by atoms with E-state index in [-0.39, 0.29) is 6.10 Å². The van der Waals surface area contributed by atoms with Crippen LogP contribution in [0.4, 0.5) is 5.82 Å². The van der Waals surface area contributed by atoms with Gasteiger partial charge < -0.3 is 10.0 Å². The van der Waals surface area contributed by atoms with Crippen molar-refractivity contribution in [3.63, 3.8) is 0 Å². The molecule has 1 aromatic heterocycles. The van der Waals surface area contributed by atoms with Crippen LogP contribution in [0.15, 0.2) is 12.3 Å². The van der Waals surface area contributed by atoms with E-state index in [1.54, 1.807) is 0 Å². The van der Waals surface area contributed by atoms with Gasteiger partial charge in [-0.3, -0.25) is 0 Å². The van der Waals surface area contributed by atoms with Crippen molar-refractivity contribution in [3.05, 3.63) is 23.4 Å². The minimum Gasteiger partial charge on any atom is -0.388 e. The summed E-state index contributed by atoms with van der Waals surface area (Å²) in [6.07, 6.45) is 4.73. The number of rotatable bonds is 3. The highest BCUT2D eigenvalue weighted by atomic mass is 16.3. The van der Waals surface area contributed by atoms with Gasteiger partial charge in [0.05, 0.1) is 6.10 Å². The van der Waals surface area contributed by atoms with E-state index in [1.807, 2.05) is 13.1 Å². The van der Waals surface area contributed by atoms with Crippen molar-refractivity contribution >= 4 is 5.82 Å². The molecule has 88 valence electrons. The lowest BCUT2D eigenvalue weighted by Crippen LogP contribution is -2.19. The van der Waals surface area contributed by atoms with Gasteiger partial charge in [-0.25, -0.2) is 4.98 Å². The van der Waals surface area contributed by atoms with Crippen molar-refractivity contribution in [2.24, 2.45) is 0 Å². The lowest BCUT2D eigenvalue weighted by atomic mass is 10.0. The maximum atomic E-state index is 9.81. The van der Waals surface area contributed by atoms with Crippen LogP contribution >= 0.6 is 0 Å². The van der Waals surface area contributed by atoms with E-state index in [4.69, 9.17) is 0 Å². The van der Waals surface area contributed by atoms with E-state index >= 15 is 0 Å². The third-order valence-electron chi connectivity index (χ3n) is 3.31. The van der Waals surface area contributed by atoms with Gasteiger partial charge in [0.1, 0.15) is 5.82 Å². The number of nitrogens with zero attached hydrogens (tertiary/aromatic N) is 2. The molecule has 0 bridgehead atoms. The van der Waals surface area contributed by atoms with Crippen LogP contribution in [0.2, 0.25) is 0 Å². The largest absolute Gasteiger partial charge is 0.388 e. The number of hydrogen-bond donors (Lipinski definition) is 1. The SMILES string of the molecule is CC[C@H](O)c1cnc(N2CCCC2)cc1C. The summed E-state index contributed by atoms with van der Waals surface area (Å²) in [5.41, 5.74) is 2.11. The molecule has 0 spiro atoms. The zero-order valence-electron chi connectivity index (χ0n) is 10.1. The van der Waals surface area contributed by atoms with Crippen LogP contribution in [0, 0.1) is 6.92 Å². The Bertz CT molecular complexity index is 359. The Balaban J connectivity index is 2.21. The topological polar surface area (TPSA) is 36.4 Å². The van der Waals surface area contributed by atoms with Crippen molar-refractivity contribution in [1.29, 1.82) is 0 Å². The molecule has 1 N–H and O–H groups in total. The quantitative estimate of drug-likeness (QED) is 0.850. The molecule has 3 heteroatoms. The fourth-order valence-corrected chi connectivity index (χ4v) is 2.24. The fourth-order valence-electron chi connectivity index (χ4n) is 2.24. The Kier molecular flexibility index (Phi) is 3.44. The molecule has 0 radical (unpaired) electrons. The molecule has 2 heterocycles. The van der Waals surface area contributed by atoms with Crippen molar-refractivity contribution in [1.82, 2.24) is 4.98 Å². The molecule has 1 atom stereocenters. The molecule has 1 fully saturated rings. The molecule has 1 aliphatic rings. The molecular formula is C13H20N2O. The summed E-state index contributed by atoms with van der Waals surface area (Å²) < 4.78 is 0. The smallest absolute Gasteiger partial charge is 0.128 e. The van der Waals surface area contributed by atoms with Crippen LogP contribution in [0.25, 0.3) is 0 Å². The zero-order valence-corrected chi connectivity index (χ0v) is 10.1. The third-order valence-corrected chi connectivity index (χ3v) is 3.31. The minimum absolute atomic E-state index is 0.375. The van der Waals surface area contributed by atoms with E-state index in [0.29, 0.717) is 0 Å². The second-order valence-electron chi connectivity index (χ2n) is 4.52. The van der Waals surface area contributed by atoms with Gasteiger partial charge in [-0.2, -0.15) is 0 Å². The van der Waals surface area contributed by atoms with Crippen molar-refractivity contribution in [2.75, 3.05) is 18.0 Å². The lowest BCUT2D eigenvalue weighted by Gasteiger charge is -2.19. The van der Waals surface area contributed by atoms with Crippen LogP contribution in [0.1, 0.15) is 43.4 Å². The van der Waals surface area contributed by atoms with E-state index < -0.39 is 0 Å². The van der Waals surface area contributed by atoms with Gasteiger partial charge in [-0.05, 0) is 37.8 Å². The normalized spacial score (nSPS) is 17.8. The van der Waals surface area contributed by atoms with Gasteiger partial charge in [0.2, 0.25) is 0 Å². The third kappa shape index (κ3) is 2.19. The molecule has 3 nitrogen and oxygen atoms in total. The first-order valence-corrected chi connectivity index (χ1v) is 6.12. The summed E-state index contributed by atoms with van der Waals surface area (Å²) in [5.74, 6) is 1.06. The molecule has 0 unspecified atom stereocenters. The van der Waals surface area contributed by atoms with Crippen LogP contribution in [0.3, 0.4) is 0 Å². The summed E-state index contributed by atoms with van der Waals surface area (Å²) >= 11 is 0. The lowest BCUT2D eigenvalue weighted by molar-refractivity contribution is 0.172. The van der Waals surface area contributed by atoms with Crippen LogP contribution in [-0.4, -0.2) is 23.2 Å². The highest BCUT2D eigenvalue weighted by molar-refractivity contribution is 5.44. The van der Waals surface area contributed by atoms with Gasteiger partial charge in [0.15, 0.2) is 0 Å². The van der Waals surface area contributed by atoms with Crippen LogP contribution < -0.4 is 4.90 Å². The van der Waals surface area contributed by atoms with Crippen molar-refractivity contribution in [3.8, 4) is 0 Å². The van der Waals surface area contributed by atoms with Gasteiger partial charge in [-0.15, -0.1) is 0 Å². The van der Waals surface area contributed by atoms with Gasteiger partial charge >= 0.3 is 0 Å². The highest BCUT2D eigenvalue weighted by Crippen LogP contribution is 2.24. The number of pyridine rings is 1. The average Bonchev–Trinajstić information content (AvgIpc) is 2.81.